The summed E-state index contributed by atoms with van der Waals surface area (Å²) in [5, 5.41) is 0. The molecule has 0 radical (unpaired) electrons. The van der Waals surface area contributed by atoms with E-state index in [1.54, 1.807) is 0 Å². The van der Waals surface area contributed by atoms with Gasteiger partial charge in [0.15, 0.2) is 0 Å². The van der Waals surface area contributed by atoms with Gasteiger partial charge in [-0.05, 0) is 117 Å². The van der Waals surface area contributed by atoms with Crippen molar-refractivity contribution >= 4 is 34.1 Å². The zero-order valence-electron chi connectivity index (χ0n) is 31.6. The molecule has 1 aliphatic carbocycles. The summed E-state index contributed by atoms with van der Waals surface area (Å²) in [5.74, 6) is 0. The van der Waals surface area contributed by atoms with Crippen molar-refractivity contribution in [3.8, 4) is 11.1 Å². The second-order valence-electron chi connectivity index (χ2n) is 15.4. The maximum atomic E-state index is 2.36. The fourth-order valence-corrected chi connectivity index (χ4v) is 8.48. The van der Waals surface area contributed by atoms with E-state index in [2.05, 4.69) is 243 Å². The fraction of sp³-hybridized carbons (Fsp3) is 0.0943. The van der Waals surface area contributed by atoms with Crippen LogP contribution in [0.2, 0.25) is 0 Å². The van der Waals surface area contributed by atoms with E-state index in [0.29, 0.717) is 0 Å². The van der Waals surface area contributed by atoms with E-state index in [0.717, 1.165) is 34.1 Å². The van der Waals surface area contributed by atoms with Crippen LogP contribution < -0.4 is 9.80 Å². The van der Waals surface area contributed by atoms with Gasteiger partial charge in [-0.15, -0.1) is 0 Å². The Hall–Kier alpha value is -6.64. The molecular weight excluding hydrogens is 665 g/mol. The number of fused-ring (bicyclic) bond motifs is 3. The standard InChI is InChI=1S/C53H44N2/c1-52(2,3)39-27-29-40(30-28-39)53(50-25-15-13-23-48(50)49-24-14-16-26-51(49)53)41-31-33-45(34-32-41)55(44-21-11-6-12-22-44)47-37-35-46(36-38-47)54(42-17-7-4-8-18-42)43-19-9-5-10-20-43/h4-38H,1-3H3. The molecule has 8 aromatic rings. The van der Waals surface area contributed by atoms with Crippen molar-refractivity contribution in [1.29, 1.82) is 0 Å². The van der Waals surface area contributed by atoms with E-state index in [1.165, 1.54) is 38.9 Å². The summed E-state index contributed by atoms with van der Waals surface area (Å²) in [5.41, 5.74) is 15.4. The van der Waals surface area contributed by atoms with Crippen molar-refractivity contribution in [3.05, 3.63) is 240 Å². The highest BCUT2D eigenvalue weighted by Gasteiger charge is 2.46. The third kappa shape index (κ3) is 6.01. The Labute approximate surface area is 325 Å². The molecule has 0 fully saturated rings. The van der Waals surface area contributed by atoms with Crippen molar-refractivity contribution in [1.82, 2.24) is 0 Å². The molecule has 0 atom stereocenters. The molecule has 0 spiro atoms. The minimum absolute atomic E-state index is 0.0688. The maximum absolute atomic E-state index is 2.36. The lowest BCUT2D eigenvalue weighted by atomic mass is 9.67. The molecule has 0 aliphatic heterocycles. The molecule has 0 bridgehead atoms. The van der Waals surface area contributed by atoms with Gasteiger partial charge in [-0.2, -0.15) is 0 Å². The molecule has 0 aromatic heterocycles. The lowest BCUT2D eigenvalue weighted by Crippen LogP contribution is -2.29. The van der Waals surface area contributed by atoms with Crippen molar-refractivity contribution in [2.45, 2.75) is 31.6 Å². The number of rotatable bonds is 8. The number of nitrogens with zero attached hydrogens (tertiary/aromatic N) is 2. The molecule has 0 saturated carbocycles. The molecular formula is C53H44N2. The van der Waals surface area contributed by atoms with Gasteiger partial charge >= 0.3 is 0 Å². The summed E-state index contributed by atoms with van der Waals surface area (Å²) in [6, 6.07) is 77.3. The van der Waals surface area contributed by atoms with Gasteiger partial charge in [0.25, 0.3) is 0 Å². The van der Waals surface area contributed by atoms with Gasteiger partial charge in [-0.25, -0.2) is 0 Å². The van der Waals surface area contributed by atoms with Crippen LogP contribution in [0.15, 0.2) is 212 Å². The normalized spacial score (nSPS) is 12.8. The van der Waals surface area contributed by atoms with Gasteiger partial charge < -0.3 is 9.80 Å². The SMILES string of the molecule is CC(C)(C)c1ccc(C2(c3ccc(N(c4ccccc4)c4ccc(N(c5ccccc5)c5ccccc5)cc4)cc3)c3ccccc3-c3ccccc32)cc1. The molecule has 0 amide bonds. The average Bonchev–Trinajstić information content (AvgIpc) is 3.54. The Morgan fingerprint density at radius 1 is 0.309 bits per heavy atom. The smallest absolute Gasteiger partial charge is 0.0713 e. The summed E-state index contributed by atoms with van der Waals surface area (Å²) in [6.45, 7) is 6.85. The van der Waals surface area contributed by atoms with Gasteiger partial charge in [-0.3, -0.25) is 0 Å². The highest BCUT2D eigenvalue weighted by molar-refractivity contribution is 5.87. The predicted octanol–water partition coefficient (Wildman–Crippen LogP) is 14.3. The second kappa shape index (κ2) is 14.0. The number of para-hydroxylation sites is 3. The van der Waals surface area contributed by atoms with E-state index < -0.39 is 5.41 Å². The summed E-state index contributed by atoms with van der Waals surface area (Å²) in [6.07, 6.45) is 0. The molecule has 1 aliphatic rings. The third-order valence-corrected chi connectivity index (χ3v) is 11.1. The first-order valence-corrected chi connectivity index (χ1v) is 19.2. The summed E-state index contributed by atoms with van der Waals surface area (Å²) in [7, 11) is 0. The lowest BCUT2D eigenvalue weighted by molar-refractivity contribution is 0.589. The topological polar surface area (TPSA) is 6.48 Å². The minimum Gasteiger partial charge on any atom is -0.311 e. The van der Waals surface area contributed by atoms with E-state index in [4.69, 9.17) is 0 Å². The van der Waals surface area contributed by atoms with Crippen LogP contribution in [0.4, 0.5) is 34.1 Å². The lowest BCUT2D eigenvalue weighted by Gasteiger charge is -2.35. The molecule has 8 aromatic carbocycles. The van der Waals surface area contributed by atoms with Gasteiger partial charge in [-0.1, -0.05) is 160 Å². The molecule has 9 rings (SSSR count). The zero-order valence-corrected chi connectivity index (χ0v) is 31.6. The molecule has 2 heteroatoms. The van der Waals surface area contributed by atoms with E-state index in [9.17, 15) is 0 Å². The molecule has 0 unspecified atom stereocenters. The Bertz CT molecular complexity index is 2450. The first kappa shape index (κ1) is 34.1. The second-order valence-corrected chi connectivity index (χ2v) is 15.4. The molecule has 0 N–H and O–H groups in total. The van der Waals surface area contributed by atoms with Crippen molar-refractivity contribution in [2.24, 2.45) is 0 Å². The highest BCUT2D eigenvalue weighted by atomic mass is 15.2. The Morgan fingerprint density at radius 3 is 0.964 bits per heavy atom. The van der Waals surface area contributed by atoms with E-state index in [1.807, 2.05) is 0 Å². The monoisotopic (exact) mass is 708 g/mol. The molecule has 2 nitrogen and oxygen atoms in total. The quantitative estimate of drug-likeness (QED) is 0.155. The fourth-order valence-electron chi connectivity index (χ4n) is 8.48. The van der Waals surface area contributed by atoms with Crippen molar-refractivity contribution < 1.29 is 0 Å². The van der Waals surface area contributed by atoms with Gasteiger partial charge in [0.1, 0.15) is 0 Å². The van der Waals surface area contributed by atoms with Gasteiger partial charge in [0, 0.05) is 34.1 Å². The predicted molar refractivity (Wildman–Crippen MR) is 232 cm³/mol. The molecule has 266 valence electrons. The summed E-state index contributed by atoms with van der Waals surface area (Å²) >= 11 is 0. The first-order chi connectivity index (χ1) is 26.9. The van der Waals surface area contributed by atoms with Crippen LogP contribution in [-0.2, 0) is 10.8 Å². The van der Waals surface area contributed by atoms with Crippen LogP contribution >= 0.6 is 0 Å². The molecule has 0 heterocycles. The minimum atomic E-state index is -0.459. The van der Waals surface area contributed by atoms with Crippen molar-refractivity contribution in [3.63, 3.8) is 0 Å². The number of hydrogen-bond acceptors (Lipinski definition) is 2. The average molecular weight is 709 g/mol. The Balaban J connectivity index is 1.16. The van der Waals surface area contributed by atoms with Crippen LogP contribution in [0.1, 0.15) is 48.6 Å². The van der Waals surface area contributed by atoms with Gasteiger partial charge in [0.2, 0.25) is 0 Å². The molecule has 0 saturated heterocycles. The largest absolute Gasteiger partial charge is 0.311 e. The highest BCUT2D eigenvalue weighted by Crippen LogP contribution is 2.56. The van der Waals surface area contributed by atoms with Crippen molar-refractivity contribution in [2.75, 3.05) is 9.80 Å². The Kier molecular flexibility index (Phi) is 8.67. The van der Waals surface area contributed by atoms with Crippen LogP contribution in [-0.4, -0.2) is 0 Å². The van der Waals surface area contributed by atoms with Crippen LogP contribution in [0.3, 0.4) is 0 Å². The summed E-state index contributed by atoms with van der Waals surface area (Å²) < 4.78 is 0. The van der Waals surface area contributed by atoms with E-state index in [-0.39, 0.29) is 5.41 Å². The Morgan fingerprint density at radius 2 is 0.600 bits per heavy atom. The van der Waals surface area contributed by atoms with Crippen LogP contribution in [0.25, 0.3) is 11.1 Å². The number of hydrogen-bond donors (Lipinski definition) is 0. The van der Waals surface area contributed by atoms with Gasteiger partial charge in [0.05, 0.1) is 5.41 Å². The number of benzene rings is 8. The van der Waals surface area contributed by atoms with Crippen LogP contribution in [0, 0.1) is 0 Å². The maximum Gasteiger partial charge on any atom is 0.0713 e. The third-order valence-electron chi connectivity index (χ3n) is 11.1. The van der Waals surface area contributed by atoms with Crippen LogP contribution in [0.5, 0.6) is 0 Å². The zero-order chi connectivity index (χ0) is 37.4. The van der Waals surface area contributed by atoms with E-state index >= 15 is 0 Å². The summed E-state index contributed by atoms with van der Waals surface area (Å²) in [4.78, 5) is 4.65. The number of anilines is 6. The first-order valence-electron chi connectivity index (χ1n) is 19.2. The molecule has 55 heavy (non-hydrogen) atoms.